The summed E-state index contributed by atoms with van der Waals surface area (Å²) in [4.78, 5) is 11.8. The highest BCUT2D eigenvalue weighted by molar-refractivity contribution is 7.91. The van der Waals surface area contributed by atoms with Gasteiger partial charge in [-0.1, -0.05) is 37.3 Å². The molecule has 5 nitrogen and oxygen atoms in total. The van der Waals surface area contributed by atoms with Gasteiger partial charge in [0.15, 0.2) is 9.84 Å². The van der Waals surface area contributed by atoms with Gasteiger partial charge in [0.1, 0.15) is 6.61 Å². The molecule has 0 aliphatic carbocycles. The molecule has 0 fully saturated rings. The highest BCUT2D eigenvalue weighted by Gasteiger charge is 2.22. The molecule has 1 rings (SSSR count). The van der Waals surface area contributed by atoms with E-state index in [1.165, 1.54) is 7.11 Å². The Hall–Kier alpha value is -1.40. The molecule has 1 aromatic carbocycles. The van der Waals surface area contributed by atoms with Crippen molar-refractivity contribution in [3.63, 3.8) is 0 Å². The van der Waals surface area contributed by atoms with Crippen molar-refractivity contribution in [2.24, 2.45) is 5.92 Å². The molecule has 0 aliphatic rings. The van der Waals surface area contributed by atoms with Crippen molar-refractivity contribution in [3.05, 3.63) is 35.9 Å². The number of rotatable bonds is 9. The Morgan fingerprint density at radius 1 is 1.24 bits per heavy atom. The largest absolute Gasteiger partial charge is 0.461 e. The quantitative estimate of drug-likeness (QED) is 0.513. The molecule has 21 heavy (non-hydrogen) atoms. The molecule has 0 saturated carbocycles. The summed E-state index contributed by atoms with van der Waals surface area (Å²) in [6.07, 6.45) is 0.435. The maximum absolute atomic E-state index is 11.8. The number of methoxy groups -OCH3 is 1. The third kappa shape index (κ3) is 7.24. The molecular weight excluding hydrogens is 292 g/mol. The number of hydrogen-bond acceptors (Lipinski definition) is 5. The lowest BCUT2D eigenvalue weighted by Gasteiger charge is -2.12. The van der Waals surface area contributed by atoms with E-state index in [9.17, 15) is 13.2 Å². The fraction of sp³-hybridized carbons (Fsp3) is 0.533. The topological polar surface area (TPSA) is 69.7 Å². The molecule has 0 aromatic heterocycles. The standard InChI is InChI=1S/C15H22O5S/c1-13(12-21(17,18)10-6-9-19-2)15(16)20-11-14-7-4-3-5-8-14/h3-5,7-8,13H,6,9-12H2,1-2H3. The number of carbonyl (C=O) groups excluding carboxylic acids is 1. The van der Waals surface area contributed by atoms with E-state index in [1.54, 1.807) is 6.92 Å². The van der Waals surface area contributed by atoms with Crippen LogP contribution in [0.4, 0.5) is 0 Å². The summed E-state index contributed by atoms with van der Waals surface area (Å²) in [5.74, 6) is -1.32. The minimum absolute atomic E-state index is 0.0249. The fourth-order valence-electron chi connectivity index (χ4n) is 1.83. The summed E-state index contributed by atoms with van der Waals surface area (Å²) in [7, 11) is -1.74. The maximum Gasteiger partial charge on any atom is 0.310 e. The third-order valence-corrected chi connectivity index (χ3v) is 4.85. The molecule has 0 N–H and O–H groups in total. The van der Waals surface area contributed by atoms with Crippen LogP contribution in [0.5, 0.6) is 0 Å². The van der Waals surface area contributed by atoms with Gasteiger partial charge in [-0.15, -0.1) is 0 Å². The number of carbonyl (C=O) groups is 1. The van der Waals surface area contributed by atoms with Crippen molar-refractivity contribution in [1.29, 1.82) is 0 Å². The fourth-order valence-corrected chi connectivity index (χ4v) is 3.45. The zero-order valence-electron chi connectivity index (χ0n) is 12.4. The third-order valence-electron chi connectivity index (χ3n) is 2.93. The monoisotopic (exact) mass is 314 g/mol. The lowest BCUT2D eigenvalue weighted by Crippen LogP contribution is -2.25. The van der Waals surface area contributed by atoms with Crippen molar-refractivity contribution in [2.75, 3.05) is 25.2 Å². The smallest absolute Gasteiger partial charge is 0.310 e. The van der Waals surface area contributed by atoms with Gasteiger partial charge in [-0.05, 0) is 12.0 Å². The van der Waals surface area contributed by atoms with Crippen molar-refractivity contribution >= 4 is 15.8 Å². The van der Waals surface area contributed by atoms with Crippen molar-refractivity contribution in [3.8, 4) is 0 Å². The van der Waals surface area contributed by atoms with Gasteiger partial charge >= 0.3 is 5.97 Å². The Kier molecular flexibility index (Phi) is 7.39. The molecule has 0 spiro atoms. The minimum atomic E-state index is -3.26. The van der Waals surface area contributed by atoms with E-state index in [1.807, 2.05) is 30.3 Å². The molecule has 0 heterocycles. The van der Waals surface area contributed by atoms with Gasteiger partial charge in [-0.2, -0.15) is 0 Å². The number of ether oxygens (including phenoxy) is 2. The molecule has 0 aliphatic heterocycles. The first-order valence-corrected chi connectivity index (χ1v) is 8.66. The molecule has 0 amide bonds. The minimum Gasteiger partial charge on any atom is -0.461 e. The highest BCUT2D eigenvalue weighted by atomic mass is 32.2. The van der Waals surface area contributed by atoms with Gasteiger partial charge in [-0.3, -0.25) is 4.79 Å². The second-order valence-corrected chi connectivity index (χ2v) is 7.18. The van der Waals surface area contributed by atoms with Gasteiger partial charge in [-0.25, -0.2) is 8.42 Å². The van der Waals surface area contributed by atoms with Crippen molar-refractivity contribution in [2.45, 2.75) is 20.0 Å². The van der Waals surface area contributed by atoms with Crippen LogP contribution in [0.25, 0.3) is 0 Å². The van der Waals surface area contributed by atoms with E-state index >= 15 is 0 Å². The van der Waals surface area contributed by atoms with Crippen LogP contribution in [-0.4, -0.2) is 39.6 Å². The highest BCUT2D eigenvalue weighted by Crippen LogP contribution is 2.08. The van der Waals surface area contributed by atoms with Gasteiger partial charge in [0.2, 0.25) is 0 Å². The Morgan fingerprint density at radius 3 is 2.52 bits per heavy atom. The average molecular weight is 314 g/mol. The van der Waals surface area contributed by atoms with Crippen LogP contribution in [-0.2, 0) is 30.7 Å². The summed E-state index contributed by atoms with van der Waals surface area (Å²) >= 11 is 0. The Balaban J connectivity index is 2.40. The van der Waals surface area contributed by atoms with Gasteiger partial charge < -0.3 is 9.47 Å². The normalized spacial score (nSPS) is 12.9. The number of sulfone groups is 1. The van der Waals surface area contributed by atoms with E-state index in [-0.39, 0.29) is 18.1 Å². The Morgan fingerprint density at radius 2 is 1.90 bits per heavy atom. The van der Waals surface area contributed by atoms with E-state index in [0.717, 1.165) is 5.56 Å². The zero-order valence-corrected chi connectivity index (χ0v) is 13.3. The first-order chi connectivity index (χ1) is 9.94. The lowest BCUT2D eigenvalue weighted by molar-refractivity contribution is -0.148. The van der Waals surface area contributed by atoms with Crippen LogP contribution >= 0.6 is 0 Å². The number of hydrogen-bond donors (Lipinski definition) is 0. The van der Waals surface area contributed by atoms with Crippen LogP contribution < -0.4 is 0 Å². The summed E-state index contributed by atoms with van der Waals surface area (Å²) in [5.41, 5.74) is 0.876. The van der Waals surface area contributed by atoms with Crippen LogP contribution in [0, 0.1) is 5.92 Å². The predicted octanol–water partition coefficient (Wildman–Crippen LogP) is 1.82. The molecule has 1 aromatic rings. The maximum atomic E-state index is 11.8. The first-order valence-electron chi connectivity index (χ1n) is 6.84. The second-order valence-electron chi connectivity index (χ2n) is 4.96. The summed E-state index contributed by atoms with van der Waals surface area (Å²) in [5, 5.41) is 0. The van der Waals surface area contributed by atoms with Crippen molar-refractivity contribution < 1.29 is 22.7 Å². The van der Waals surface area contributed by atoms with Crippen LogP contribution in [0.15, 0.2) is 30.3 Å². The average Bonchev–Trinajstić information content (AvgIpc) is 2.45. The molecular formula is C15H22O5S. The first kappa shape index (κ1) is 17.7. The van der Waals surface area contributed by atoms with Crippen LogP contribution in [0.3, 0.4) is 0 Å². The van der Waals surface area contributed by atoms with Gasteiger partial charge in [0.05, 0.1) is 17.4 Å². The number of esters is 1. The molecule has 0 radical (unpaired) electrons. The second kappa shape index (κ2) is 8.79. The molecule has 118 valence electrons. The summed E-state index contributed by atoms with van der Waals surface area (Å²) < 4.78 is 33.6. The SMILES string of the molecule is COCCCS(=O)(=O)CC(C)C(=O)OCc1ccccc1. The predicted molar refractivity (Wildman–Crippen MR) is 80.5 cm³/mol. The van der Waals surface area contributed by atoms with Crippen molar-refractivity contribution in [1.82, 2.24) is 0 Å². The van der Waals surface area contributed by atoms with Crippen LogP contribution in [0.2, 0.25) is 0 Å². The molecule has 0 bridgehead atoms. The molecule has 1 atom stereocenters. The molecule has 0 saturated heterocycles. The van der Waals surface area contributed by atoms with E-state index in [4.69, 9.17) is 9.47 Å². The Labute approximate surface area is 126 Å². The van der Waals surface area contributed by atoms with Gasteiger partial charge in [0, 0.05) is 13.7 Å². The molecule has 6 heteroatoms. The molecule has 1 unspecified atom stereocenters. The van der Waals surface area contributed by atoms with E-state index < -0.39 is 21.7 Å². The zero-order chi connectivity index (χ0) is 15.7. The van der Waals surface area contributed by atoms with E-state index in [0.29, 0.717) is 13.0 Å². The number of benzene rings is 1. The Bertz CT molecular complexity index is 524. The summed E-state index contributed by atoms with van der Waals surface area (Å²) in [6, 6.07) is 9.28. The van der Waals surface area contributed by atoms with Crippen LogP contribution in [0.1, 0.15) is 18.9 Å². The van der Waals surface area contributed by atoms with Gasteiger partial charge in [0.25, 0.3) is 0 Å². The summed E-state index contributed by atoms with van der Waals surface area (Å²) in [6.45, 7) is 2.13. The van der Waals surface area contributed by atoms with E-state index in [2.05, 4.69) is 0 Å². The lowest BCUT2D eigenvalue weighted by atomic mass is 10.2.